The molecule has 102 valence electrons. The first-order chi connectivity index (χ1) is 9.29. The molecule has 0 bridgehead atoms. The number of amides is 1. The van der Waals surface area contributed by atoms with Crippen molar-refractivity contribution in [3.63, 3.8) is 0 Å². The Balaban J connectivity index is 1.75. The van der Waals surface area contributed by atoms with Gasteiger partial charge in [0.15, 0.2) is 0 Å². The summed E-state index contributed by atoms with van der Waals surface area (Å²) in [6.07, 6.45) is 3.95. The Morgan fingerprint density at radius 1 is 1.32 bits per heavy atom. The summed E-state index contributed by atoms with van der Waals surface area (Å²) in [7, 11) is 0. The van der Waals surface area contributed by atoms with Gasteiger partial charge >= 0.3 is 6.09 Å². The second-order valence-electron chi connectivity index (χ2n) is 4.68. The lowest BCUT2D eigenvalue weighted by Gasteiger charge is -2.29. The van der Waals surface area contributed by atoms with Gasteiger partial charge in [0, 0.05) is 13.1 Å². The van der Waals surface area contributed by atoms with E-state index in [0.717, 1.165) is 31.5 Å². The normalized spacial score (nSPS) is 16.8. The quantitative estimate of drug-likeness (QED) is 0.843. The molecule has 4 heteroatoms. The van der Waals surface area contributed by atoms with Crippen molar-refractivity contribution in [3.8, 4) is 0 Å². The minimum Gasteiger partial charge on any atom is -0.445 e. The summed E-state index contributed by atoms with van der Waals surface area (Å²) in [5, 5.41) is 0. The van der Waals surface area contributed by atoms with Crippen LogP contribution < -0.4 is 0 Å². The van der Waals surface area contributed by atoms with E-state index in [1.807, 2.05) is 35.3 Å². The Bertz CT molecular complexity index is 425. The smallest absolute Gasteiger partial charge is 0.410 e. The first kappa shape index (κ1) is 14.1. The van der Waals surface area contributed by atoms with Crippen molar-refractivity contribution >= 4 is 22.0 Å². The molecule has 3 nitrogen and oxygen atoms in total. The second kappa shape index (κ2) is 7.34. The van der Waals surface area contributed by atoms with Gasteiger partial charge in [-0.25, -0.2) is 4.79 Å². The number of benzene rings is 1. The first-order valence-electron chi connectivity index (χ1n) is 6.52. The molecule has 0 saturated carbocycles. The molecule has 0 atom stereocenters. The summed E-state index contributed by atoms with van der Waals surface area (Å²) < 4.78 is 5.32. The van der Waals surface area contributed by atoms with Gasteiger partial charge in [0.05, 0.1) is 0 Å². The lowest BCUT2D eigenvalue weighted by molar-refractivity contribution is 0.0855. The Morgan fingerprint density at radius 2 is 2.00 bits per heavy atom. The van der Waals surface area contributed by atoms with E-state index in [4.69, 9.17) is 4.74 Å². The van der Waals surface area contributed by atoms with Gasteiger partial charge in [-0.3, -0.25) is 0 Å². The van der Waals surface area contributed by atoms with Gasteiger partial charge in [0.2, 0.25) is 0 Å². The van der Waals surface area contributed by atoms with Crippen molar-refractivity contribution in [2.75, 3.05) is 13.1 Å². The predicted molar refractivity (Wildman–Crippen MR) is 79.0 cm³/mol. The number of hydrogen-bond donors (Lipinski definition) is 0. The number of ether oxygens (including phenoxy) is 1. The van der Waals surface area contributed by atoms with E-state index in [1.54, 1.807) is 4.90 Å². The number of allylic oxidation sites excluding steroid dienone is 1. The topological polar surface area (TPSA) is 29.5 Å². The molecule has 1 aromatic carbocycles. The minimum absolute atomic E-state index is 0.204. The van der Waals surface area contributed by atoms with Gasteiger partial charge in [0.25, 0.3) is 0 Å². The number of rotatable bonds is 3. The van der Waals surface area contributed by atoms with E-state index >= 15 is 0 Å². The maximum absolute atomic E-state index is 11.9. The highest BCUT2D eigenvalue weighted by Gasteiger charge is 2.22. The molecule has 1 aliphatic rings. The van der Waals surface area contributed by atoms with Crippen molar-refractivity contribution in [2.24, 2.45) is 5.92 Å². The van der Waals surface area contributed by atoms with Crippen LogP contribution in [0.25, 0.3) is 0 Å². The highest BCUT2D eigenvalue weighted by molar-refractivity contribution is 9.11. The molecule has 0 aromatic heterocycles. The number of halogens is 1. The van der Waals surface area contributed by atoms with E-state index in [1.165, 1.54) is 0 Å². The van der Waals surface area contributed by atoms with Crippen LogP contribution >= 0.6 is 15.9 Å². The summed E-state index contributed by atoms with van der Waals surface area (Å²) in [4.78, 5) is 15.6. The van der Waals surface area contributed by atoms with Gasteiger partial charge in [-0.15, -0.1) is 0 Å². The molecule has 19 heavy (non-hydrogen) atoms. The molecule has 2 rings (SSSR count). The first-order valence-corrected chi connectivity index (χ1v) is 7.43. The fraction of sp³-hybridized carbons (Fsp3) is 0.400. The zero-order chi connectivity index (χ0) is 13.5. The average molecular weight is 324 g/mol. The summed E-state index contributed by atoms with van der Waals surface area (Å²) in [6.45, 7) is 1.90. The van der Waals surface area contributed by atoms with Crippen molar-refractivity contribution in [1.82, 2.24) is 4.90 Å². The van der Waals surface area contributed by atoms with E-state index < -0.39 is 0 Å². The monoisotopic (exact) mass is 323 g/mol. The van der Waals surface area contributed by atoms with Gasteiger partial charge in [0.1, 0.15) is 6.61 Å². The molecule has 1 aliphatic heterocycles. The molecule has 1 fully saturated rings. The lowest BCUT2D eigenvalue weighted by atomic mass is 9.97. The Hall–Kier alpha value is -1.29. The SMILES string of the molecule is O=C(OCc1ccccc1)N1CCC(C=CBr)CC1. The number of hydrogen-bond acceptors (Lipinski definition) is 2. The van der Waals surface area contributed by atoms with Crippen LogP contribution in [0.15, 0.2) is 41.4 Å². The number of carbonyl (C=O) groups is 1. The fourth-order valence-corrected chi connectivity index (χ4v) is 2.62. The number of piperidine rings is 1. The zero-order valence-corrected chi connectivity index (χ0v) is 12.4. The van der Waals surface area contributed by atoms with E-state index in [-0.39, 0.29) is 6.09 Å². The van der Waals surface area contributed by atoms with Crippen molar-refractivity contribution in [1.29, 1.82) is 0 Å². The molecule has 1 amide bonds. The molecule has 0 N–H and O–H groups in total. The third kappa shape index (κ3) is 4.39. The maximum atomic E-state index is 11.9. The molecule has 0 aliphatic carbocycles. The van der Waals surface area contributed by atoms with Gasteiger partial charge < -0.3 is 9.64 Å². The lowest BCUT2D eigenvalue weighted by Crippen LogP contribution is -2.38. The minimum atomic E-state index is -0.204. The fourth-order valence-electron chi connectivity index (χ4n) is 2.19. The Kier molecular flexibility index (Phi) is 5.45. The summed E-state index contributed by atoms with van der Waals surface area (Å²) >= 11 is 3.29. The largest absolute Gasteiger partial charge is 0.445 e. The van der Waals surface area contributed by atoms with Crippen LogP contribution in [-0.4, -0.2) is 24.1 Å². The van der Waals surface area contributed by atoms with Gasteiger partial charge in [-0.05, 0) is 29.3 Å². The van der Waals surface area contributed by atoms with E-state index in [2.05, 4.69) is 22.0 Å². The van der Waals surface area contributed by atoms with Crippen LogP contribution in [-0.2, 0) is 11.3 Å². The van der Waals surface area contributed by atoms with E-state index in [9.17, 15) is 4.79 Å². The Labute approximate surface area is 122 Å². The second-order valence-corrected chi connectivity index (χ2v) is 5.21. The van der Waals surface area contributed by atoms with E-state index in [0.29, 0.717) is 12.5 Å². The molecule has 1 heterocycles. The van der Waals surface area contributed by atoms with Crippen molar-refractivity contribution in [3.05, 3.63) is 47.0 Å². The predicted octanol–water partition coefficient (Wildman–Crippen LogP) is 3.94. The Morgan fingerprint density at radius 3 is 2.63 bits per heavy atom. The van der Waals surface area contributed by atoms with Crippen molar-refractivity contribution < 1.29 is 9.53 Å². The van der Waals surface area contributed by atoms with Crippen LogP contribution in [0.2, 0.25) is 0 Å². The number of likely N-dealkylation sites (tertiary alicyclic amines) is 1. The average Bonchev–Trinajstić information content (AvgIpc) is 2.47. The molecule has 1 aromatic rings. The molecule has 1 saturated heterocycles. The molecule has 0 spiro atoms. The molecular formula is C15H18BrNO2. The van der Waals surface area contributed by atoms with Crippen molar-refractivity contribution in [2.45, 2.75) is 19.4 Å². The number of nitrogens with zero attached hydrogens (tertiary/aromatic N) is 1. The summed E-state index contributed by atoms with van der Waals surface area (Å²) in [5.41, 5.74) is 1.02. The highest BCUT2D eigenvalue weighted by atomic mass is 79.9. The van der Waals surface area contributed by atoms with Crippen LogP contribution in [0, 0.1) is 5.92 Å². The number of carbonyl (C=O) groups excluding carboxylic acids is 1. The van der Waals surface area contributed by atoms with Crippen LogP contribution in [0.4, 0.5) is 4.79 Å². The molecule has 0 radical (unpaired) electrons. The molecular weight excluding hydrogens is 306 g/mol. The van der Waals surface area contributed by atoms with Gasteiger partial charge in [-0.2, -0.15) is 0 Å². The third-order valence-corrected chi connectivity index (χ3v) is 3.65. The van der Waals surface area contributed by atoms with Gasteiger partial charge in [-0.1, -0.05) is 52.3 Å². The zero-order valence-electron chi connectivity index (χ0n) is 10.8. The van der Waals surface area contributed by atoms with Crippen LogP contribution in [0.1, 0.15) is 18.4 Å². The van der Waals surface area contributed by atoms with Crippen LogP contribution in [0.5, 0.6) is 0 Å². The summed E-state index contributed by atoms with van der Waals surface area (Å²) in [5.74, 6) is 0.567. The standard InChI is InChI=1S/C15H18BrNO2/c16-9-6-13-7-10-17(11-8-13)15(18)19-12-14-4-2-1-3-5-14/h1-6,9,13H,7-8,10-12H2. The third-order valence-electron chi connectivity index (χ3n) is 3.35. The molecule has 0 unspecified atom stereocenters. The highest BCUT2D eigenvalue weighted by Crippen LogP contribution is 2.19. The van der Waals surface area contributed by atoms with Crippen LogP contribution in [0.3, 0.4) is 0 Å². The summed E-state index contributed by atoms with van der Waals surface area (Å²) in [6, 6.07) is 9.76. The maximum Gasteiger partial charge on any atom is 0.410 e.